The number of rotatable bonds is 5. The lowest BCUT2D eigenvalue weighted by molar-refractivity contribution is 0.0651. The molecule has 2 fully saturated rings. The van der Waals surface area contributed by atoms with Crippen molar-refractivity contribution in [3.05, 3.63) is 36.5 Å². The lowest BCUT2D eigenvalue weighted by Gasteiger charge is -2.49. The Morgan fingerprint density at radius 1 is 1.26 bits per heavy atom. The molecule has 1 nitrogen and oxygen atoms in total. The van der Waals surface area contributed by atoms with E-state index in [4.69, 9.17) is 0 Å². The van der Waals surface area contributed by atoms with E-state index in [1.165, 1.54) is 43.3 Å². The molecule has 0 aromatic rings. The maximum absolute atomic E-state index is 10.2. The SMILES string of the molecule is C=CCC1/C(=C\C)C(=C)[C@@H](C(CO)C2CCCCC2)CC1(C)C. The number of allylic oxidation sites excluding steroid dienone is 4. The lowest BCUT2D eigenvalue weighted by atomic mass is 9.56. The van der Waals surface area contributed by atoms with E-state index in [1.54, 1.807) is 0 Å². The molecule has 0 aromatic carbocycles. The number of aliphatic hydroxyl groups excluding tert-OH is 1. The highest BCUT2D eigenvalue weighted by molar-refractivity contribution is 5.38. The second-order valence-corrected chi connectivity index (χ2v) is 8.39. The second-order valence-electron chi connectivity index (χ2n) is 8.39. The van der Waals surface area contributed by atoms with E-state index in [1.807, 2.05) is 6.08 Å². The highest BCUT2D eigenvalue weighted by Crippen LogP contribution is 2.53. The van der Waals surface area contributed by atoms with Crippen LogP contribution >= 0.6 is 0 Å². The molecular formula is C22H36O. The van der Waals surface area contributed by atoms with Crippen molar-refractivity contribution in [2.75, 3.05) is 6.61 Å². The Morgan fingerprint density at radius 2 is 1.91 bits per heavy atom. The van der Waals surface area contributed by atoms with Gasteiger partial charge < -0.3 is 5.11 Å². The zero-order valence-corrected chi connectivity index (χ0v) is 15.5. The van der Waals surface area contributed by atoms with Gasteiger partial charge in [0.1, 0.15) is 0 Å². The highest BCUT2D eigenvalue weighted by atomic mass is 16.3. The maximum Gasteiger partial charge on any atom is 0.0467 e. The molecule has 2 aliphatic carbocycles. The molecule has 23 heavy (non-hydrogen) atoms. The van der Waals surface area contributed by atoms with Crippen LogP contribution in [0.1, 0.15) is 65.7 Å². The summed E-state index contributed by atoms with van der Waals surface area (Å²) in [5.41, 5.74) is 2.95. The summed E-state index contributed by atoms with van der Waals surface area (Å²) in [5.74, 6) is 2.02. The smallest absolute Gasteiger partial charge is 0.0467 e. The van der Waals surface area contributed by atoms with E-state index in [0.717, 1.165) is 12.8 Å². The molecule has 1 heteroatoms. The van der Waals surface area contributed by atoms with Crippen molar-refractivity contribution in [1.29, 1.82) is 0 Å². The first-order chi connectivity index (χ1) is 11.0. The Kier molecular flexibility index (Phi) is 6.31. The lowest BCUT2D eigenvalue weighted by Crippen LogP contribution is -2.41. The predicted octanol–water partition coefficient (Wildman–Crippen LogP) is 5.92. The molecule has 130 valence electrons. The van der Waals surface area contributed by atoms with Gasteiger partial charge in [-0.05, 0) is 60.0 Å². The fourth-order valence-corrected chi connectivity index (χ4v) is 5.27. The number of hydrogen-bond donors (Lipinski definition) is 1. The summed E-state index contributed by atoms with van der Waals surface area (Å²) in [5, 5.41) is 10.2. The topological polar surface area (TPSA) is 20.2 Å². The summed E-state index contributed by atoms with van der Waals surface area (Å²) in [6.45, 7) is 15.7. The van der Waals surface area contributed by atoms with Crippen molar-refractivity contribution >= 4 is 0 Å². The molecule has 0 saturated heterocycles. The van der Waals surface area contributed by atoms with E-state index in [0.29, 0.717) is 30.3 Å². The van der Waals surface area contributed by atoms with Crippen LogP contribution < -0.4 is 0 Å². The molecule has 3 atom stereocenters. The number of hydrogen-bond acceptors (Lipinski definition) is 1. The van der Waals surface area contributed by atoms with Crippen LogP contribution in [0, 0.1) is 29.1 Å². The van der Waals surface area contributed by atoms with Crippen LogP contribution in [0.4, 0.5) is 0 Å². The molecule has 2 rings (SSSR count). The third-order valence-corrected chi connectivity index (χ3v) is 6.58. The maximum atomic E-state index is 10.2. The van der Waals surface area contributed by atoms with Gasteiger partial charge in [0.25, 0.3) is 0 Å². The van der Waals surface area contributed by atoms with E-state index < -0.39 is 0 Å². The third kappa shape index (κ3) is 3.82. The minimum Gasteiger partial charge on any atom is -0.396 e. The first-order valence-corrected chi connectivity index (χ1v) is 9.53. The molecule has 2 unspecified atom stereocenters. The van der Waals surface area contributed by atoms with Crippen LogP contribution in [0.2, 0.25) is 0 Å². The third-order valence-electron chi connectivity index (χ3n) is 6.58. The Morgan fingerprint density at radius 3 is 2.43 bits per heavy atom. The monoisotopic (exact) mass is 316 g/mol. The Hall–Kier alpha value is -0.820. The highest BCUT2D eigenvalue weighted by Gasteiger charge is 2.44. The summed E-state index contributed by atoms with van der Waals surface area (Å²) in [4.78, 5) is 0. The molecule has 2 saturated carbocycles. The summed E-state index contributed by atoms with van der Waals surface area (Å²) in [6.07, 6.45) is 13.1. The van der Waals surface area contributed by atoms with Crippen molar-refractivity contribution in [1.82, 2.24) is 0 Å². The van der Waals surface area contributed by atoms with Crippen molar-refractivity contribution in [2.45, 2.75) is 65.7 Å². The van der Waals surface area contributed by atoms with Gasteiger partial charge in [0.15, 0.2) is 0 Å². The zero-order chi connectivity index (χ0) is 17.0. The van der Waals surface area contributed by atoms with Crippen LogP contribution in [0.5, 0.6) is 0 Å². The molecule has 0 aromatic heterocycles. The fourth-order valence-electron chi connectivity index (χ4n) is 5.27. The second kappa shape index (κ2) is 7.83. The summed E-state index contributed by atoms with van der Waals surface area (Å²) in [6, 6.07) is 0. The molecular weight excluding hydrogens is 280 g/mol. The first kappa shape index (κ1) is 18.5. The van der Waals surface area contributed by atoms with Crippen molar-refractivity contribution in [3.63, 3.8) is 0 Å². The van der Waals surface area contributed by atoms with Gasteiger partial charge >= 0.3 is 0 Å². The molecule has 0 aliphatic heterocycles. The van der Waals surface area contributed by atoms with E-state index in [9.17, 15) is 5.11 Å². The first-order valence-electron chi connectivity index (χ1n) is 9.53. The molecule has 0 heterocycles. The normalized spacial score (nSPS) is 32.0. The van der Waals surface area contributed by atoms with Gasteiger partial charge in [-0.2, -0.15) is 0 Å². The standard InChI is InChI=1S/C22H36O/c1-6-11-21-18(7-2)16(3)19(14-22(21,4)5)20(15-23)17-12-9-8-10-13-17/h6-7,17,19-21,23H,1,3,8-15H2,2,4-5H3/b18-7-/t19-,20?,21?/m0/s1. The quantitative estimate of drug-likeness (QED) is 0.624. The van der Waals surface area contributed by atoms with Crippen LogP contribution in [0.25, 0.3) is 0 Å². The van der Waals surface area contributed by atoms with Gasteiger partial charge in [-0.1, -0.05) is 64.7 Å². The molecule has 0 spiro atoms. The van der Waals surface area contributed by atoms with Gasteiger partial charge in [0.2, 0.25) is 0 Å². The van der Waals surface area contributed by atoms with Crippen LogP contribution in [-0.2, 0) is 0 Å². The van der Waals surface area contributed by atoms with Gasteiger partial charge in [-0.25, -0.2) is 0 Å². The largest absolute Gasteiger partial charge is 0.396 e. The molecule has 0 bridgehead atoms. The predicted molar refractivity (Wildman–Crippen MR) is 100 cm³/mol. The van der Waals surface area contributed by atoms with Crippen LogP contribution in [-0.4, -0.2) is 11.7 Å². The van der Waals surface area contributed by atoms with Crippen molar-refractivity contribution in [3.8, 4) is 0 Å². The fraction of sp³-hybridized carbons (Fsp3) is 0.727. The average molecular weight is 317 g/mol. The van der Waals surface area contributed by atoms with E-state index in [2.05, 4.69) is 40.0 Å². The summed E-state index contributed by atoms with van der Waals surface area (Å²) >= 11 is 0. The zero-order valence-electron chi connectivity index (χ0n) is 15.5. The van der Waals surface area contributed by atoms with Gasteiger partial charge in [-0.15, -0.1) is 6.58 Å². The Balaban J connectivity index is 2.28. The molecule has 0 amide bonds. The van der Waals surface area contributed by atoms with Crippen LogP contribution in [0.15, 0.2) is 36.5 Å². The molecule has 1 N–H and O–H groups in total. The van der Waals surface area contributed by atoms with Crippen LogP contribution in [0.3, 0.4) is 0 Å². The minimum atomic E-state index is 0.240. The Labute approximate surface area is 143 Å². The minimum absolute atomic E-state index is 0.240. The summed E-state index contributed by atoms with van der Waals surface area (Å²) < 4.78 is 0. The van der Waals surface area contributed by atoms with E-state index >= 15 is 0 Å². The summed E-state index contributed by atoms with van der Waals surface area (Å²) in [7, 11) is 0. The molecule has 0 radical (unpaired) electrons. The van der Waals surface area contributed by atoms with E-state index in [-0.39, 0.29) is 5.41 Å². The number of aliphatic hydroxyl groups is 1. The molecule has 2 aliphatic rings. The van der Waals surface area contributed by atoms with Crippen molar-refractivity contribution < 1.29 is 5.11 Å². The van der Waals surface area contributed by atoms with Crippen molar-refractivity contribution in [2.24, 2.45) is 29.1 Å². The Bertz CT molecular complexity index is 451. The van der Waals surface area contributed by atoms with Gasteiger partial charge in [0.05, 0.1) is 0 Å². The van der Waals surface area contributed by atoms with Gasteiger partial charge in [-0.3, -0.25) is 0 Å². The average Bonchev–Trinajstić information content (AvgIpc) is 2.54. The van der Waals surface area contributed by atoms with Gasteiger partial charge in [0, 0.05) is 6.61 Å².